The number of hydrogen-bond donors (Lipinski definition) is 1. The lowest BCUT2D eigenvalue weighted by molar-refractivity contribution is 0.0446. The van der Waals surface area contributed by atoms with Crippen LogP contribution in [0.5, 0.6) is 0 Å². The summed E-state index contributed by atoms with van der Waals surface area (Å²) in [6.45, 7) is 7.94. The van der Waals surface area contributed by atoms with E-state index in [0.717, 1.165) is 29.4 Å². The van der Waals surface area contributed by atoms with E-state index in [1.165, 1.54) is 12.0 Å². The Bertz CT molecular complexity index is 446. The Balaban J connectivity index is 2.20. The van der Waals surface area contributed by atoms with Crippen molar-refractivity contribution in [3.8, 4) is 0 Å². The van der Waals surface area contributed by atoms with Gasteiger partial charge in [-0.1, -0.05) is 44.0 Å². The molecule has 3 atom stereocenters. The first-order valence-corrected chi connectivity index (χ1v) is 7.96. The van der Waals surface area contributed by atoms with E-state index in [0.29, 0.717) is 12.0 Å². The average Bonchev–Trinajstić information content (AvgIpc) is 2.40. The molecule has 1 aromatic rings. The zero-order chi connectivity index (χ0) is 14.0. The second-order valence-electron chi connectivity index (χ2n) is 5.82. The summed E-state index contributed by atoms with van der Waals surface area (Å²) in [5.74, 6) is 0.512. The molecule has 1 N–H and O–H groups in total. The monoisotopic (exact) mass is 299 g/mol. The summed E-state index contributed by atoms with van der Waals surface area (Å²) in [6.07, 6.45) is 3.49. The van der Waals surface area contributed by atoms with Gasteiger partial charge in [-0.05, 0) is 60.9 Å². The average molecular weight is 300 g/mol. The molecule has 0 radical (unpaired) electrons. The van der Waals surface area contributed by atoms with Crippen LogP contribution in [0.2, 0.25) is 10.0 Å². The molecule has 1 saturated carbocycles. The van der Waals surface area contributed by atoms with Crippen LogP contribution >= 0.6 is 23.2 Å². The summed E-state index contributed by atoms with van der Waals surface area (Å²) in [6, 6.07) is 6.42. The van der Waals surface area contributed by atoms with Crippen LogP contribution in [-0.2, 0) is 0 Å². The van der Waals surface area contributed by atoms with Gasteiger partial charge in [0.05, 0.1) is 0 Å². The molecule has 0 aliphatic heterocycles. The van der Waals surface area contributed by atoms with Crippen LogP contribution in [0.15, 0.2) is 18.2 Å². The maximum Gasteiger partial charge on any atom is 0.0442 e. The molecule has 0 aromatic heterocycles. The standard InChI is InChI=1S/C16H23Cl2N/c1-4-8-19-15-10-13(16(15,3)5-2)12-9-11(17)6-7-14(12)18/h6-7,9,13,15,19H,4-5,8,10H2,1-3H3. The summed E-state index contributed by atoms with van der Waals surface area (Å²) in [4.78, 5) is 0. The Hall–Kier alpha value is -0.240. The van der Waals surface area contributed by atoms with Crippen molar-refractivity contribution in [3.63, 3.8) is 0 Å². The number of benzene rings is 1. The predicted molar refractivity (Wildman–Crippen MR) is 84.3 cm³/mol. The highest BCUT2D eigenvalue weighted by Gasteiger charge is 2.50. The van der Waals surface area contributed by atoms with Crippen LogP contribution in [0, 0.1) is 5.41 Å². The fourth-order valence-corrected chi connectivity index (χ4v) is 3.68. The van der Waals surface area contributed by atoms with Crippen molar-refractivity contribution in [3.05, 3.63) is 33.8 Å². The molecule has 3 unspecified atom stereocenters. The first-order valence-electron chi connectivity index (χ1n) is 7.21. The Morgan fingerprint density at radius 3 is 2.68 bits per heavy atom. The topological polar surface area (TPSA) is 12.0 Å². The van der Waals surface area contributed by atoms with Crippen molar-refractivity contribution in [1.29, 1.82) is 0 Å². The Kier molecular flexibility index (Phi) is 4.81. The van der Waals surface area contributed by atoms with E-state index in [1.54, 1.807) is 0 Å². The molecule has 0 amide bonds. The molecule has 1 aliphatic carbocycles. The zero-order valence-electron chi connectivity index (χ0n) is 12.0. The van der Waals surface area contributed by atoms with Gasteiger partial charge >= 0.3 is 0 Å². The van der Waals surface area contributed by atoms with Crippen LogP contribution in [0.3, 0.4) is 0 Å². The second kappa shape index (κ2) is 6.03. The molecule has 1 aromatic carbocycles. The van der Waals surface area contributed by atoms with Crippen LogP contribution in [0.25, 0.3) is 0 Å². The third-order valence-corrected chi connectivity index (χ3v) is 5.38. The maximum absolute atomic E-state index is 6.36. The van der Waals surface area contributed by atoms with Crippen LogP contribution in [0.4, 0.5) is 0 Å². The van der Waals surface area contributed by atoms with Crippen LogP contribution < -0.4 is 5.32 Å². The van der Waals surface area contributed by atoms with E-state index in [1.807, 2.05) is 18.2 Å². The van der Waals surface area contributed by atoms with Gasteiger partial charge in [-0.2, -0.15) is 0 Å². The van der Waals surface area contributed by atoms with Gasteiger partial charge in [0.1, 0.15) is 0 Å². The second-order valence-corrected chi connectivity index (χ2v) is 6.66. The normalized spacial score (nSPS) is 30.2. The van der Waals surface area contributed by atoms with Crippen molar-refractivity contribution in [2.45, 2.75) is 52.0 Å². The van der Waals surface area contributed by atoms with Gasteiger partial charge < -0.3 is 5.32 Å². The largest absolute Gasteiger partial charge is 0.313 e. The molecular formula is C16H23Cl2N. The number of nitrogens with one attached hydrogen (secondary N) is 1. The third kappa shape index (κ3) is 2.79. The smallest absolute Gasteiger partial charge is 0.0442 e. The van der Waals surface area contributed by atoms with Crippen molar-refractivity contribution >= 4 is 23.2 Å². The van der Waals surface area contributed by atoms with Crippen LogP contribution in [0.1, 0.15) is 51.5 Å². The number of hydrogen-bond acceptors (Lipinski definition) is 1. The first kappa shape index (κ1) is 15.2. The summed E-state index contributed by atoms with van der Waals surface area (Å²) < 4.78 is 0. The molecule has 0 bridgehead atoms. The van der Waals surface area contributed by atoms with Crippen molar-refractivity contribution < 1.29 is 0 Å². The SMILES string of the molecule is CCCNC1CC(c2cc(Cl)ccc2Cl)C1(C)CC. The van der Waals surface area contributed by atoms with E-state index < -0.39 is 0 Å². The van der Waals surface area contributed by atoms with Gasteiger partial charge in [0.15, 0.2) is 0 Å². The van der Waals surface area contributed by atoms with Gasteiger partial charge in [0.2, 0.25) is 0 Å². The Morgan fingerprint density at radius 2 is 2.05 bits per heavy atom. The molecule has 0 spiro atoms. The van der Waals surface area contributed by atoms with E-state index in [2.05, 4.69) is 26.1 Å². The molecule has 1 aliphatic rings. The van der Waals surface area contributed by atoms with Gasteiger partial charge in [0.25, 0.3) is 0 Å². The summed E-state index contributed by atoms with van der Waals surface area (Å²) in [7, 11) is 0. The Labute approximate surface area is 126 Å². The maximum atomic E-state index is 6.36. The highest BCUT2D eigenvalue weighted by atomic mass is 35.5. The zero-order valence-corrected chi connectivity index (χ0v) is 13.5. The lowest BCUT2D eigenvalue weighted by Gasteiger charge is -2.55. The van der Waals surface area contributed by atoms with Gasteiger partial charge in [-0.15, -0.1) is 0 Å². The molecule has 19 heavy (non-hydrogen) atoms. The minimum absolute atomic E-state index is 0.281. The minimum atomic E-state index is 0.281. The van der Waals surface area contributed by atoms with Crippen molar-refractivity contribution in [2.75, 3.05) is 6.54 Å². The summed E-state index contributed by atoms with van der Waals surface area (Å²) >= 11 is 12.5. The van der Waals surface area contributed by atoms with E-state index in [4.69, 9.17) is 23.2 Å². The van der Waals surface area contributed by atoms with E-state index in [9.17, 15) is 0 Å². The van der Waals surface area contributed by atoms with Gasteiger partial charge in [-0.25, -0.2) is 0 Å². The highest BCUT2D eigenvalue weighted by Crippen LogP contribution is 2.56. The van der Waals surface area contributed by atoms with Crippen LogP contribution in [-0.4, -0.2) is 12.6 Å². The van der Waals surface area contributed by atoms with E-state index >= 15 is 0 Å². The molecule has 1 fully saturated rings. The molecule has 106 valence electrons. The molecule has 0 saturated heterocycles. The van der Waals surface area contributed by atoms with Crippen molar-refractivity contribution in [1.82, 2.24) is 5.32 Å². The third-order valence-electron chi connectivity index (χ3n) is 4.80. The lowest BCUT2D eigenvalue weighted by atomic mass is 9.54. The van der Waals surface area contributed by atoms with Gasteiger partial charge in [-0.3, -0.25) is 0 Å². The molecular weight excluding hydrogens is 277 g/mol. The lowest BCUT2D eigenvalue weighted by Crippen LogP contribution is -2.56. The predicted octanol–water partition coefficient (Wildman–Crippen LogP) is 5.27. The van der Waals surface area contributed by atoms with E-state index in [-0.39, 0.29) is 5.41 Å². The minimum Gasteiger partial charge on any atom is -0.313 e. The van der Waals surface area contributed by atoms with Gasteiger partial charge in [0, 0.05) is 16.1 Å². The molecule has 0 heterocycles. The first-order chi connectivity index (χ1) is 9.02. The fourth-order valence-electron chi connectivity index (χ4n) is 3.25. The molecule has 1 nitrogen and oxygen atoms in total. The fraction of sp³-hybridized carbons (Fsp3) is 0.625. The Morgan fingerprint density at radius 1 is 1.32 bits per heavy atom. The molecule has 2 rings (SSSR count). The highest BCUT2D eigenvalue weighted by molar-refractivity contribution is 6.33. The van der Waals surface area contributed by atoms with Crippen molar-refractivity contribution in [2.24, 2.45) is 5.41 Å². The number of rotatable bonds is 5. The number of halogens is 2. The molecule has 3 heteroatoms. The summed E-state index contributed by atoms with van der Waals surface area (Å²) in [5.41, 5.74) is 1.50. The quantitative estimate of drug-likeness (QED) is 0.781. The summed E-state index contributed by atoms with van der Waals surface area (Å²) in [5, 5.41) is 5.30.